The third-order valence-corrected chi connectivity index (χ3v) is 7.23. The Morgan fingerprint density at radius 2 is 1.72 bits per heavy atom. The molecule has 0 spiro atoms. The van der Waals surface area contributed by atoms with Crippen LogP contribution in [0.1, 0.15) is 56.6 Å². The quantitative estimate of drug-likeness (QED) is 0.264. The molecule has 0 radical (unpaired) electrons. The molecule has 0 bridgehead atoms. The molecule has 2 aromatic carbocycles. The Kier molecular flexibility index (Phi) is 8.10. The molecule has 10 nitrogen and oxygen atoms in total. The van der Waals surface area contributed by atoms with Gasteiger partial charge in [-0.3, -0.25) is 10.1 Å². The number of hydrogen-bond donors (Lipinski definition) is 2. The van der Waals surface area contributed by atoms with E-state index in [4.69, 9.17) is 4.98 Å². The molecular weight excluding hydrogens is 492 g/mol. The maximum absolute atomic E-state index is 12.7. The maximum Gasteiger partial charge on any atom is 0.324 e. The minimum absolute atomic E-state index is 0.232. The van der Waals surface area contributed by atoms with Crippen molar-refractivity contribution in [3.8, 4) is 22.5 Å². The third kappa shape index (κ3) is 5.74. The van der Waals surface area contributed by atoms with E-state index in [2.05, 4.69) is 74.7 Å². The van der Waals surface area contributed by atoms with Crippen molar-refractivity contribution >= 4 is 11.9 Å². The van der Waals surface area contributed by atoms with Gasteiger partial charge in [0.1, 0.15) is 11.9 Å². The molecule has 5 rings (SSSR count). The topological polar surface area (TPSA) is 122 Å². The first-order valence-electron chi connectivity index (χ1n) is 13.7. The largest absolute Gasteiger partial charge is 0.328 e. The molecular formula is C29H34N8O2. The number of carbonyl (C=O) groups excluding carboxylic acids is 2. The highest BCUT2D eigenvalue weighted by atomic mass is 16.2. The number of unbranched alkanes of at least 4 members (excludes halogenated alkanes) is 2. The summed E-state index contributed by atoms with van der Waals surface area (Å²) in [5, 5.41) is 16.9. The van der Waals surface area contributed by atoms with Gasteiger partial charge in [0.2, 0.25) is 0 Å². The van der Waals surface area contributed by atoms with Crippen molar-refractivity contribution < 1.29 is 9.59 Å². The van der Waals surface area contributed by atoms with Crippen molar-refractivity contribution in [1.29, 1.82) is 0 Å². The van der Waals surface area contributed by atoms with E-state index in [9.17, 15) is 9.59 Å². The maximum atomic E-state index is 12.7. The Balaban J connectivity index is 1.40. The summed E-state index contributed by atoms with van der Waals surface area (Å²) >= 11 is 0. The first kappa shape index (κ1) is 26.3. The van der Waals surface area contributed by atoms with Crippen LogP contribution in [0.4, 0.5) is 4.79 Å². The number of rotatable bonds is 12. The van der Waals surface area contributed by atoms with Gasteiger partial charge in [-0.2, -0.15) is 0 Å². The van der Waals surface area contributed by atoms with Crippen LogP contribution in [0, 0.1) is 0 Å². The van der Waals surface area contributed by atoms with Gasteiger partial charge in [-0.25, -0.2) is 14.9 Å². The Morgan fingerprint density at radius 3 is 2.44 bits per heavy atom. The highest BCUT2D eigenvalue weighted by Crippen LogP contribution is 2.30. The van der Waals surface area contributed by atoms with Crippen LogP contribution in [-0.4, -0.2) is 59.6 Å². The number of tetrazole rings is 1. The van der Waals surface area contributed by atoms with Crippen LogP contribution < -0.4 is 5.32 Å². The van der Waals surface area contributed by atoms with Crippen molar-refractivity contribution in [2.45, 2.75) is 65.0 Å². The minimum atomic E-state index is -0.511. The molecule has 3 heterocycles. The van der Waals surface area contributed by atoms with Gasteiger partial charge in [0, 0.05) is 43.4 Å². The lowest BCUT2D eigenvalue weighted by molar-refractivity contribution is -0.121. The molecule has 2 aromatic heterocycles. The van der Waals surface area contributed by atoms with Gasteiger partial charge >= 0.3 is 6.03 Å². The molecule has 1 fully saturated rings. The lowest BCUT2D eigenvalue weighted by atomic mass is 9.98. The molecule has 1 atom stereocenters. The Morgan fingerprint density at radius 1 is 0.949 bits per heavy atom. The van der Waals surface area contributed by atoms with E-state index in [0.29, 0.717) is 25.3 Å². The van der Waals surface area contributed by atoms with Crippen molar-refractivity contribution in [1.82, 2.24) is 40.4 Å². The van der Waals surface area contributed by atoms with Gasteiger partial charge in [0.25, 0.3) is 5.91 Å². The number of imidazole rings is 1. The van der Waals surface area contributed by atoms with Gasteiger partial charge in [-0.15, -0.1) is 5.10 Å². The van der Waals surface area contributed by atoms with E-state index in [1.165, 1.54) is 0 Å². The number of hydrogen-bond acceptors (Lipinski definition) is 6. The summed E-state index contributed by atoms with van der Waals surface area (Å²) in [6.45, 7) is 5.46. The second-order valence-corrected chi connectivity index (χ2v) is 9.91. The monoisotopic (exact) mass is 526 g/mol. The summed E-state index contributed by atoms with van der Waals surface area (Å²) in [6.07, 6.45) is 7.10. The number of aromatic nitrogens is 6. The normalized spacial score (nSPS) is 15.2. The number of amides is 3. The second kappa shape index (κ2) is 12.0. The number of H-pyrrole nitrogens is 1. The Labute approximate surface area is 227 Å². The Hall–Kier alpha value is -4.34. The van der Waals surface area contributed by atoms with Crippen molar-refractivity contribution in [3.63, 3.8) is 0 Å². The number of aryl methyl sites for hydroxylation is 1. The SMILES string of the molecule is CCCCc1ncc(CC2C(=O)NC(=O)N2CCCC)n1Cc1ccc(-c2ccccc2-c2nnn[nH]2)cc1. The van der Waals surface area contributed by atoms with Crippen LogP contribution >= 0.6 is 0 Å². The molecule has 3 amide bonds. The van der Waals surface area contributed by atoms with Gasteiger partial charge in [-0.05, 0) is 40.0 Å². The zero-order valence-electron chi connectivity index (χ0n) is 22.4. The second-order valence-electron chi connectivity index (χ2n) is 9.91. The van der Waals surface area contributed by atoms with E-state index >= 15 is 0 Å². The van der Waals surface area contributed by atoms with E-state index in [0.717, 1.165) is 65.9 Å². The fraction of sp³-hybridized carbons (Fsp3) is 0.379. The van der Waals surface area contributed by atoms with Gasteiger partial charge < -0.3 is 9.47 Å². The molecule has 0 aliphatic carbocycles. The summed E-state index contributed by atoms with van der Waals surface area (Å²) in [5.74, 6) is 1.40. The minimum Gasteiger partial charge on any atom is -0.328 e. The number of imide groups is 1. The molecule has 10 heteroatoms. The summed E-state index contributed by atoms with van der Waals surface area (Å²) in [6, 6.07) is 15.7. The molecule has 1 aliphatic heterocycles. The highest BCUT2D eigenvalue weighted by Gasteiger charge is 2.38. The fourth-order valence-corrected chi connectivity index (χ4v) is 5.06. The summed E-state index contributed by atoms with van der Waals surface area (Å²) < 4.78 is 2.22. The Bertz CT molecular complexity index is 1410. The molecule has 1 saturated heterocycles. The number of aromatic amines is 1. The fourth-order valence-electron chi connectivity index (χ4n) is 5.06. The predicted octanol–water partition coefficient (Wildman–Crippen LogP) is 4.38. The smallest absolute Gasteiger partial charge is 0.324 e. The first-order chi connectivity index (χ1) is 19.1. The van der Waals surface area contributed by atoms with Gasteiger partial charge in [-0.1, -0.05) is 75.2 Å². The molecule has 4 aromatic rings. The summed E-state index contributed by atoms with van der Waals surface area (Å²) in [7, 11) is 0. The van der Waals surface area contributed by atoms with Crippen molar-refractivity contribution in [3.05, 3.63) is 71.8 Å². The van der Waals surface area contributed by atoms with E-state index in [-0.39, 0.29) is 11.9 Å². The zero-order valence-corrected chi connectivity index (χ0v) is 22.4. The number of nitrogens with one attached hydrogen (secondary N) is 2. The standard InChI is InChI=1S/C29H34N8O2/c1-3-5-11-26-30-18-22(17-25-28(38)31-29(39)36(25)16-6-4-2)37(26)19-20-12-14-21(15-13-20)23-9-7-8-10-24(23)27-32-34-35-33-27/h7-10,12-15,18,25H,3-6,11,16-17,19H2,1-2H3,(H,31,38,39)(H,32,33,34,35). The van der Waals surface area contributed by atoms with Crippen LogP contribution in [-0.2, 0) is 24.2 Å². The van der Waals surface area contributed by atoms with Gasteiger partial charge in [0.05, 0.1) is 0 Å². The number of benzene rings is 2. The zero-order chi connectivity index (χ0) is 27.2. The van der Waals surface area contributed by atoms with E-state index < -0.39 is 6.04 Å². The van der Waals surface area contributed by atoms with Crippen LogP contribution in [0.3, 0.4) is 0 Å². The third-order valence-electron chi connectivity index (χ3n) is 7.23. The summed E-state index contributed by atoms with van der Waals surface area (Å²) in [4.78, 5) is 31.5. The lowest BCUT2D eigenvalue weighted by Gasteiger charge is -2.22. The van der Waals surface area contributed by atoms with Crippen molar-refractivity contribution in [2.75, 3.05) is 6.54 Å². The number of carbonyl (C=O) groups is 2. The molecule has 2 N–H and O–H groups in total. The molecule has 0 saturated carbocycles. The molecule has 1 aliphatic rings. The first-order valence-corrected chi connectivity index (χ1v) is 13.7. The van der Waals surface area contributed by atoms with Crippen LogP contribution in [0.15, 0.2) is 54.7 Å². The van der Waals surface area contributed by atoms with Gasteiger partial charge in [0.15, 0.2) is 5.82 Å². The molecule has 39 heavy (non-hydrogen) atoms. The van der Waals surface area contributed by atoms with Crippen LogP contribution in [0.2, 0.25) is 0 Å². The average molecular weight is 527 g/mol. The van der Waals surface area contributed by atoms with E-state index in [1.54, 1.807) is 4.90 Å². The highest BCUT2D eigenvalue weighted by molar-refractivity contribution is 6.04. The predicted molar refractivity (Wildman–Crippen MR) is 148 cm³/mol. The summed E-state index contributed by atoms with van der Waals surface area (Å²) in [5.41, 5.74) is 5.13. The number of urea groups is 1. The van der Waals surface area contributed by atoms with Crippen LogP contribution in [0.25, 0.3) is 22.5 Å². The van der Waals surface area contributed by atoms with E-state index in [1.807, 2.05) is 24.4 Å². The van der Waals surface area contributed by atoms with Crippen molar-refractivity contribution in [2.24, 2.45) is 0 Å². The molecule has 1 unspecified atom stereocenters. The number of nitrogens with zero attached hydrogens (tertiary/aromatic N) is 6. The molecule has 202 valence electrons. The lowest BCUT2D eigenvalue weighted by Crippen LogP contribution is -2.38. The average Bonchev–Trinajstić information content (AvgIpc) is 3.68. The van der Waals surface area contributed by atoms with Crippen LogP contribution in [0.5, 0.6) is 0 Å².